The molecular weight excluding hydrogens is 224 g/mol. The standard InChI is InChI=1S/C14H24N4/c1-12-5-4-6-13(16-12)18-9-7-17(8-10-18)11-14(2,3)15/h4-6H,7-11,15H2,1-3H3. The molecule has 0 unspecified atom stereocenters. The van der Waals surface area contributed by atoms with Gasteiger partial charge in [0.1, 0.15) is 5.82 Å². The van der Waals surface area contributed by atoms with E-state index in [4.69, 9.17) is 5.73 Å². The average molecular weight is 248 g/mol. The molecule has 0 amide bonds. The van der Waals surface area contributed by atoms with Crippen LogP contribution in [0, 0.1) is 6.92 Å². The lowest BCUT2D eigenvalue weighted by molar-refractivity contribution is 0.214. The van der Waals surface area contributed by atoms with Crippen molar-refractivity contribution in [2.24, 2.45) is 5.73 Å². The third-order valence-electron chi connectivity index (χ3n) is 3.20. The van der Waals surface area contributed by atoms with E-state index in [0.717, 1.165) is 44.2 Å². The molecule has 1 fully saturated rings. The molecule has 4 heteroatoms. The lowest BCUT2D eigenvalue weighted by Crippen LogP contribution is -2.53. The highest BCUT2D eigenvalue weighted by Gasteiger charge is 2.22. The van der Waals surface area contributed by atoms with E-state index in [1.54, 1.807) is 0 Å². The summed E-state index contributed by atoms with van der Waals surface area (Å²) in [6.45, 7) is 11.4. The summed E-state index contributed by atoms with van der Waals surface area (Å²) in [5.74, 6) is 1.10. The summed E-state index contributed by atoms with van der Waals surface area (Å²) >= 11 is 0. The predicted molar refractivity (Wildman–Crippen MR) is 75.9 cm³/mol. The summed E-state index contributed by atoms with van der Waals surface area (Å²) in [5.41, 5.74) is 7.04. The van der Waals surface area contributed by atoms with E-state index in [2.05, 4.69) is 40.8 Å². The Balaban J connectivity index is 1.91. The van der Waals surface area contributed by atoms with Crippen molar-refractivity contribution in [1.29, 1.82) is 0 Å². The Morgan fingerprint density at radius 2 is 1.89 bits per heavy atom. The first-order valence-corrected chi connectivity index (χ1v) is 6.64. The van der Waals surface area contributed by atoms with E-state index in [-0.39, 0.29) is 5.54 Å². The number of rotatable bonds is 3. The number of piperazine rings is 1. The van der Waals surface area contributed by atoms with Crippen molar-refractivity contribution in [2.75, 3.05) is 37.6 Å². The smallest absolute Gasteiger partial charge is 0.128 e. The van der Waals surface area contributed by atoms with Crippen molar-refractivity contribution in [3.05, 3.63) is 23.9 Å². The van der Waals surface area contributed by atoms with Crippen LogP contribution in [0.5, 0.6) is 0 Å². The zero-order chi connectivity index (χ0) is 13.2. The molecule has 0 spiro atoms. The van der Waals surface area contributed by atoms with E-state index in [1.807, 2.05) is 13.0 Å². The first-order chi connectivity index (χ1) is 8.44. The molecule has 0 aromatic carbocycles. The number of aryl methyl sites for hydroxylation is 1. The van der Waals surface area contributed by atoms with E-state index in [9.17, 15) is 0 Å². The minimum Gasteiger partial charge on any atom is -0.354 e. The van der Waals surface area contributed by atoms with Crippen LogP contribution < -0.4 is 10.6 Å². The van der Waals surface area contributed by atoms with Crippen molar-refractivity contribution in [3.63, 3.8) is 0 Å². The molecule has 2 N–H and O–H groups in total. The quantitative estimate of drug-likeness (QED) is 0.874. The molecule has 1 aromatic heterocycles. The second-order valence-corrected chi connectivity index (χ2v) is 5.89. The third-order valence-corrected chi connectivity index (χ3v) is 3.20. The van der Waals surface area contributed by atoms with Gasteiger partial charge in [-0.05, 0) is 32.9 Å². The molecule has 1 aliphatic rings. The third kappa shape index (κ3) is 3.68. The zero-order valence-corrected chi connectivity index (χ0v) is 11.7. The number of hydrogen-bond acceptors (Lipinski definition) is 4. The summed E-state index contributed by atoms with van der Waals surface area (Å²) in [5, 5.41) is 0. The highest BCUT2D eigenvalue weighted by Crippen LogP contribution is 2.14. The summed E-state index contributed by atoms with van der Waals surface area (Å²) in [6, 6.07) is 6.21. The molecule has 1 aromatic rings. The molecule has 4 nitrogen and oxygen atoms in total. The van der Waals surface area contributed by atoms with Crippen LogP contribution >= 0.6 is 0 Å². The van der Waals surface area contributed by atoms with Gasteiger partial charge in [-0.25, -0.2) is 4.98 Å². The van der Waals surface area contributed by atoms with Crippen molar-refractivity contribution in [1.82, 2.24) is 9.88 Å². The maximum Gasteiger partial charge on any atom is 0.128 e. The SMILES string of the molecule is Cc1cccc(N2CCN(CC(C)(C)N)CC2)n1. The molecule has 100 valence electrons. The van der Waals surface area contributed by atoms with Gasteiger partial charge in [-0.2, -0.15) is 0 Å². The minimum absolute atomic E-state index is 0.107. The van der Waals surface area contributed by atoms with Gasteiger partial charge in [-0.1, -0.05) is 6.07 Å². The maximum absolute atomic E-state index is 6.06. The number of hydrogen-bond donors (Lipinski definition) is 1. The monoisotopic (exact) mass is 248 g/mol. The topological polar surface area (TPSA) is 45.4 Å². The molecular formula is C14H24N4. The molecule has 0 radical (unpaired) electrons. The summed E-state index contributed by atoms with van der Waals surface area (Å²) in [7, 11) is 0. The van der Waals surface area contributed by atoms with Crippen LogP contribution in [-0.4, -0.2) is 48.1 Å². The van der Waals surface area contributed by atoms with E-state index in [1.165, 1.54) is 0 Å². The first-order valence-electron chi connectivity index (χ1n) is 6.64. The molecule has 0 saturated carbocycles. The van der Waals surface area contributed by atoms with Gasteiger partial charge in [-0.15, -0.1) is 0 Å². The van der Waals surface area contributed by atoms with Crippen molar-refractivity contribution < 1.29 is 0 Å². The van der Waals surface area contributed by atoms with Crippen LogP contribution in [0.2, 0.25) is 0 Å². The maximum atomic E-state index is 6.06. The van der Waals surface area contributed by atoms with Gasteiger partial charge in [0.05, 0.1) is 0 Å². The zero-order valence-electron chi connectivity index (χ0n) is 11.7. The second-order valence-electron chi connectivity index (χ2n) is 5.89. The van der Waals surface area contributed by atoms with Crippen molar-refractivity contribution >= 4 is 5.82 Å². The summed E-state index contributed by atoms with van der Waals surface area (Å²) in [4.78, 5) is 9.37. The molecule has 0 bridgehead atoms. The summed E-state index contributed by atoms with van der Waals surface area (Å²) < 4.78 is 0. The lowest BCUT2D eigenvalue weighted by atomic mass is 10.1. The van der Waals surface area contributed by atoms with Gasteiger partial charge in [0, 0.05) is 44.0 Å². The molecule has 2 heterocycles. The minimum atomic E-state index is -0.107. The normalized spacial score (nSPS) is 18.1. The second kappa shape index (κ2) is 5.24. The van der Waals surface area contributed by atoms with Gasteiger partial charge in [-0.3, -0.25) is 4.90 Å². The Bertz CT molecular complexity index is 389. The number of nitrogens with zero attached hydrogens (tertiary/aromatic N) is 3. The van der Waals surface area contributed by atoms with Crippen LogP contribution in [-0.2, 0) is 0 Å². The van der Waals surface area contributed by atoms with E-state index >= 15 is 0 Å². The Morgan fingerprint density at radius 1 is 1.22 bits per heavy atom. The van der Waals surface area contributed by atoms with Crippen molar-refractivity contribution in [2.45, 2.75) is 26.3 Å². The average Bonchev–Trinajstić information content (AvgIpc) is 2.28. The highest BCUT2D eigenvalue weighted by atomic mass is 15.3. The predicted octanol–water partition coefficient (Wildman–Crippen LogP) is 1.25. The van der Waals surface area contributed by atoms with Crippen LogP contribution in [0.1, 0.15) is 19.5 Å². The highest BCUT2D eigenvalue weighted by molar-refractivity contribution is 5.39. The van der Waals surface area contributed by atoms with Crippen LogP contribution in [0.4, 0.5) is 5.82 Å². The molecule has 18 heavy (non-hydrogen) atoms. The van der Waals surface area contributed by atoms with E-state index < -0.39 is 0 Å². The number of anilines is 1. The van der Waals surface area contributed by atoms with Gasteiger partial charge in [0.25, 0.3) is 0 Å². The van der Waals surface area contributed by atoms with Crippen molar-refractivity contribution in [3.8, 4) is 0 Å². The Hall–Kier alpha value is -1.13. The number of aromatic nitrogens is 1. The van der Waals surface area contributed by atoms with E-state index in [0.29, 0.717) is 0 Å². The molecule has 1 saturated heterocycles. The Morgan fingerprint density at radius 3 is 2.44 bits per heavy atom. The fourth-order valence-electron chi connectivity index (χ4n) is 2.42. The van der Waals surface area contributed by atoms with Crippen LogP contribution in [0.25, 0.3) is 0 Å². The first kappa shape index (κ1) is 13.3. The molecule has 1 aliphatic heterocycles. The largest absolute Gasteiger partial charge is 0.354 e. The molecule has 2 rings (SSSR count). The summed E-state index contributed by atoms with van der Waals surface area (Å²) in [6.07, 6.45) is 0. The van der Waals surface area contributed by atoms with Gasteiger partial charge in [0.15, 0.2) is 0 Å². The Labute approximate surface area is 110 Å². The van der Waals surface area contributed by atoms with Crippen LogP contribution in [0.15, 0.2) is 18.2 Å². The fourth-order valence-corrected chi connectivity index (χ4v) is 2.42. The fraction of sp³-hybridized carbons (Fsp3) is 0.643. The Kier molecular flexibility index (Phi) is 3.88. The number of pyridine rings is 1. The van der Waals surface area contributed by atoms with Crippen LogP contribution in [0.3, 0.4) is 0 Å². The molecule has 0 atom stereocenters. The van der Waals surface area contributed by atoms with Gasteiger partial charge >= 0.3 is 0 Å². The number of nitrogens with two attached hydrogens (primary N) is 1. The van der Waals surface area contributed by atoms with Gasteiger partial charge in [0.2, 0.25) is 0 Å². The van der Waals surface area contributed by atoms with Gasteiger partial charge < -0.3 is 10.6 Å². The lowest BCUT2D eigenvalue weighted by Gasteiger charge is -2.38. The molecule has 0 aliphatic carbocycles.